The minimum atomic E-state index is -0.925. The molecule has 3 rings (SSSR count). The van der Waals surface area contributed by atoms with Crippen molar-refractivity contribution in [2.45, 2.75) is 32.9 Å². The van der Waals surface area contributed by atoms with Gasteiger partial charge in [0.15, 0.2) is 0 Å². The zero-order valence-corrected chi connectivity index (χ0v) is 14.9. The van der Waals surface area contributed by atoms with Gasteiger partial charge in [0.25, 0.3) is 5.91 Å². The molecule has 26 heavy (non-hydrogen) atoms. The summed E-state index contributed by atoms with van der Waals surface area (Å²) in [6.45, 7) is 4.13. The molecule has 3 N–H and O–H groups in total. The largest absolute Gasteiger partial charge is 0.352 e. The minimum Gasteiger partial charge on any atom is -0.352 e. The van der Waals surface area contributed by atoms with Gasteiger partial charge in [-0.1, -0.05) is 12.1 Å². The van der Waals surface area contributed by atoms with Crippen LogP contribution in [0.4, 0.5) is 5.69 Å². The van der Waals surface area contributed by atoms with E-state index in [9.17, 15) is 14.4 Å². The Bertz CT molecular complexity index is 887. The zero-order chi connectivity index (χ0) is 18.8. The van der Waals surface area contributed by atoms with Crippen LogP contribution in [-0.4, -0.2) is 33.5 Å². The summed E-state index contributed by atoms with van der Waals surface area (Å²) in [6, 6.07) is 5.81. The molecular formula is C18H21N5O3. The molecule has 8 heteroatoms. The Kier molecular flexibility index (Phi) is 4.75. The molecule has 0 saturated heterocycles. The first kappa shape index (κ1) is 17.7. The molecule has 0 spiro atoms. The lowest BCUT2D eigenvalue weighted by molar-refractivity contribution is -0.125. The molecule has 1 aromatic carbocycles. The lowest BCUT2D eigenvalue weighted by Crippen LogP contribution is -2.44. The summed E-state index contributed by atoms with van der Waals surface area (Å²) in [5, 5.41) is 12.4. The van der Waals surface area contributed by atoms with Crippen LogP contribution in [0.3, 0.4) is 0 Å². The van der Waals surface area contributed by atoms with Gasteiger partial charge in [0.1, 0.15) is 6.04 Å². The standard InChI is InChI=1S/C18H21N5O3/c1-10-13(11(2)23(3)22-10)9-19-16(24)8-15-18(26)20-14-7-5-4-6-12(14)17(25)21-15/h4-7,15H,8-9H2,1-3H3,(H,19,24)(H,20,26)(H,21,25)/t15-/m1/s1. The lowest BCUT2D eigenvalue weighted by Gasteiger charge is -2.14. The average molecular weight is 355 g/mol. The number of hydrogen-bond donors (Lipinski definition) is 3. The summed E-state index contributed by atoms with van der Waals surface area (Å²) >= 11 is 0. The van der Waals surface area contributed by atoms with Gasteiger partial charge in [-0.05, 0) is 26.0 Å². The number of rotatable bonds is 4. The summed E-state index contributed by atoms with van der Waals surface area (Å²) in [7, 11) is 1.84. The van der Waals surface area contributed by atoms with Crippen LogP contribution in [0, 0.1) is 13.8 Å². The Morgan fingerprint density at radius 1 is 1.27 bits per heavy atom. The molecule has 1 aliphatic heterocycles. The lowest BCUT2D eigenvalue weighted by atomic mass is 10.1. The molecule has 2 aromatic rings. The van der Waals surface area contributed by atoms with E-state index in [-0.39, 0.29) is 18.2 Å². The van der Waals surface area contributed by atoms with Crippen LogP contribution in [0.2, 0.25) is 0 Å². The first-order valence-electron chi connectivity index (χ1n) is 8.33. The number of aryl methyl sites for hydroxylation is 2. The van der Waals surface area contributed by atoms with Gasteiger partial charge >= 0.3 is 0 Å². The Hall–Kier alpha value is -3.16. The van der Waals surface area contributed by atoms with E-state index < -0.39 is 11.9 Å². The van der Waals surface area contributed by atoms with Crippen LogP contribution in [0.15, 0.2) is 24.3 Å². The number of carbonyl (C=O) groups excluding carboxylic acids is 3. The van der Waals surface area contributed by atoms with Gasteiger partial charge in [0.05, 0.1) is 23.4 Å². The van der Waals surface area contributed by atoms with Crippen LogP contribution in [0.5, 0.6) is 0 Å². The fourth-order valence-corrected chi connectivity index (χ4v) is 2.97. The van der Waals surface area contributed by atoms with E-state index in [1.807, 2.05) is 20.9 Å². The quantitative estimate of drug-likeness (QED) is 0.754. The molecular weight excluding hydrogens is 334 g/mol. The normalized spacial score (nSPS) is 16.3. The second kappa shape index (κ2) is 6.99. The maximum absolute atomic E-state index is 12.3. The van der Waals surface area contributed by atoms with E-state index in [1.54, 1.807) is 28.9 Å². The van der Waals surface area contributed by atoms with Crippen molar-refractivity contribution in [3.8, 4) is 0 Å². The summed E-state index contributed by atoms with van der Waals surface area (Å²) in [6.07, 6.45) is -0.135. The SMILES string of the molecule is Cc1nn(C)c(C)c1CNC(=O)C[C@H]1NC(=O)c2ccccc2NC1=O. The Morgan fingerprint density at radius 2 is 2.00 bits per heavy atom. The zero-order valence-electron chi connectivity index (χ0n) is 14.9. The molecule has 1 aliphatic rings. The van der Waals surface area contributed by atoms with Gasteiger partial charge in [-0.3, -0.25) is 19.1 Å². The number of hydrogen-bond acceptors (Lipinski definition) is 4. The molecule has 0 unspecified atom stereocenters. The molecule has 0 aliphatic carbocycles. The summed E-state index contributed by atoms with van der Waals surface area (Å²) in [5.74, 6) is -1.11. The predicted octanol–water partition coefficient (Wildman–Crippen LogP) is 0.794. The van der Waals surface area contributed by atoms with E-state index in [1.165, 1.54) is 0 Å². The second-order valence-corrected chi connectivity index (χ2v) is 6.31. The van der Waals surface area contributed by atoms with E-state index in [4.69, 9.17) is 0 Å². The van der Waals surface area contributed by atoms with E-state index in [0.717, 1.165) is 17.0 Å². The Balaban J connectivity index is 1.64. The smallest absolute Gasteiger partial charge is 0.254 e. The number of nitrogens with zero attached hydrogens (tertiary/aromatic N) is 2. The van der Waals surface area contributed by atoms with Gasteiger partial charge in [-0.25, -0.2) is 0 Å². The fraction of sp³-hybridized carbons (Fsp3) is 0.333. The highest BCUT2D eigenvalue weighted by molar-refractivity contribution is 6.10. The fourth-order valence-electron chi connectivity index (χ4n) is 2.97. The maximum Gasteiger partial charge on any atom is 0.254 e. The number of para-hydroxylation sites is 1. The molecule has 0 bridgehead atoms. The van der Waals surface area contributed by atoms with Gasteiger partial charge in [0, 0.05) is 24.8 Å². The van der Waals surface area contributed by atoms with Crippen molar-refractivity contribution in [2.75, 3.05) is 5.32 Å². The molecule has 136 valence electrons. The first-order chi connectivity index (χ1) is 12.4. The number of carbonyl (C=O) groups is 3. The summed E-state index contributed by atoms with van der Waals surface area (Å²) < 4.78 is 1.76. The molecule has 0 fully saturated rings. The van der Waals surface area contributed by atoms with Crippen LogP contribution in [0.1, 0.15) is 33.7 Å². The molecule has 0 saturated carbocycles. The van der Waals surface area contributed by atoms with Gasteiger partial charge in [-0.15, -0.1) is 0 Å². The highest BCUT2D eigenvalue weighted by Crippen LogP contribution is 2.19. The summed E-state index contributed by atoms with van der Waals surface area (Å²) in [5.41, 5.74) is 3.59. The van der Waals surface area contributed by atoms with Crippen molar-refractivity contribution in [3.63, 3.8) is 0 Å². The van der Waals surface area contributed by atoms with Crippen LogP contribution in [0.25, 0.3) is 0 Å². The minimum absolute atomic E-state index is 0.135. The number of benzene rings is 1. The Morgan fingerprint density at radius 3 is 2.69 bits per heavy atom. The Labute approximate surface area is 151 Å². The van der Waals surface area contributed by atoms with E-state index >= 15 is 0 Å². The number of amides is 3. The van der Waals surface area contributed by atoms with Crippen molar-refractivity contribution in [1.82, 2.24) is 20.4 Å². The number of fused-ring (bicyclic) bond motifs is 1. The average Bonchev–Trinajstić information content (AvgIpc) is 2.77. The van der Waals surface area contributed by atoms with Crippen molar-refractivity contribution < 1.29 is 14.4 Å². The molecule has 3 amide bonds. The molecule has 8 nitrogen and oxygen atoms in total. The third-order valence-corrected chi connectivity index (χ3v) is 4.56. The third kappa shape index (κ3) is 3.44. The maximum atomic E-state index is 12.3. The first-order valence-corrected chi connectivity index (χ1v) is 8.33. The third-order valence-electron chi connectivity index (χ3n) is 4.56. The number of nitrogens with one attached hydrogen (secondary N) is 3. The van der Waals surface area contributed by atoms with Gasteiger partial charge < -0.3 is 16.0 Å². The van der Waals surface area contributed by atoms with Crippen LogP contribution >= 0.6 is 0 Å². The number of aromatic nitrogens is 2. The highest BCUT2D eigenvalue weighted by Gasteiger charge is 2.29. The van der Waals surface area contributed by atoms with Crippen molar-refractivity contribution in [2.24, 2.45) is 7.05 Å². The molecule has 0 radical (unpaired) electrons. The molecule has 1 atom stereocenters. The monoisotopic (exact) mass is 355 g/mol. The van der Waals surface area contributed by atoms with Gasteiger partial charge in [0.2, 0.25) is 11.8 Å². The number of anilines is 1. The highest BCUT2D eigenvalue weighted by atomic mass is 16.2. The predicted molar refractivity (Wildman–Crippen MR) is 95.5 cm³/mol. The van der Waals surface area contributed by atoms with Crippen LogP contribution in [-0.2, 0) is 23.2 Å². The second-order valence-electron chi connectivity index (χ2n) is 6.31. The van der Waals surface area contributed by atoms with E-state index in [0.29, 0.717) is 17.8 Å². The topological polar surface area (TPSA) is 105 Å². The van der Waals surface area contributed by atoms with Crippen molar-refractivity contribution >= 4 is 23.4 Å². The molecule has 2 heterocycles. The van der Waals surface area contributed by atoms with Crippen molar-refractivity contribution in [1.29, 1.82) is 0 Å². The van der Waals surface area contributed by atoms with Crippen LogP contribution < -0.4 is 16.0 Å². The van der Waals surface area contributed by atoms with Crippen molar-refractivity contribution in [3.05, 3.63) is 46.8 Å². The molecule has 1 aromatic heterocycles. The summed E-state index contributed by atoms with van der Waals surface area (Å²) in [4.78, 5) is 36.9. The van der Waals surface area contributed by atoms with Gasteiger partial charge in [-0.2, -0.15) is 5.10 Å². The van der Waals surface area contributed by atoms with E-state index in [2.05, 4.69) is 21.0 Å².